The van der Waals surface area contributed by atoms with E-state index in [4.69, 9.17) is 5.11 Å². The third-order valence-corrected chi connectivity index (χ3v) is 3.51. The fourth-order valence-electron chi connectivity index (χ4n) is 1.79. The highest BCUT2D eigenvalue weighted by Crippen LogP contribution is 2.18. The van der Waals surface area contributed by atoms with E-state index in [1.54, 1.807) is 19.1 Å². The molecular weight excluding hydrogens is 276 g/mol. The lowest BCUT2D eigenvalue weighted by Crippen LogP contribution is -2.17. The minimum atomic E-state index is -1.06. The first-order valence-corrected chi connectivity index (χ1v) is 6.88. The number of nitrogens with one attached hydrogen (secondary N) is 1. The zero-order chi connectivity index (χ0) is 14.7. The molecule has 1 heterocycles. The quantitative estimate of drug-likeness (QED) is 0.907. The number of anilines is 1. The van der Waals surface area contributed by atoms with Crippen molar-refractivity contribution in [2.75, 3.05) is 5.32 Å². The second-order valence-corrected chi connectivity index (χ2v) is 5.50. The lowest BCUT2D eigenvalue weighted by atomic mass is 10.1. The van der Waals surface area contributed by atoms with Gasteiger partial charge in [0.1, 0.15) is 0 Å². The van der Waals surface area contributed by atoms with Gasteiger partial charge in [0.15, 0.2) is 0 Å². The number of rotatable bonds is 4. The van der Waals surface area contributed by atoms with Gasteiger partial charge in [-0.25, -0.2) is 9.78 Å². The molecule has 0 aliphatic carbocycles. The monoisotopic (exact) mass is 290 g/mol. The van der Waals surface area contributed by atoms with Gasteiger partial charge in [0.25, 0.3) is 0 Å². The molecule has 2 rings (SSSR count). The second-order valence-electron chi connectivity index (χ2n) is 4.44. The SMILES string of the molecule is Cc1ccc(NC(=O)Cc2csc(C)n2)c(C(=O)O)c1. The Bertz CT molecular complexity index is 664. The molecule has 0 radical (unpaired) electrons. The van der Waals surface area contributed by atoms with Gasteiger partial charge in [-0.1, -0.05) is 11.6 Å². The lowest BCUT2D eigenvalue weighted by molar-refractivity contribution is -0.115. The van der Waals surface area contributed by atoms with Crippen LogP contribution in [0.2, 0.25) is 0 Å². The van der Waals surface area contributed by atoms with Crippen LogP contribution in [-0.4, -0.2) is 22.0 Å². The molecule has 2 N–H and O–H groups in total. The predicted molar refractivity (Wildman–Crippen MR) is 77.3 cm³/mol. The van der Waals surface area contributed by atoms with Crippen LogP contribution in [0.3, 0.4) is 0 Å². The van der Waals surface area contributed by atoms with Crippen molar-refractivity contribution < 1.29 is 14.7 Å². The molecule has 6 heteroatoms. The fraction of sp³-hybridized carbons (Fsp3) is 0.214. The molecule has 0 fully saturated rings. The van der Waals surface area contributed by atoms with E-state index in [1.807, 2.05) is 12.3 Å². The Kier molecular flexibility index (Phi) is 4.14. The molecule has 5 nitrogen and oxygen atoms in total. The molecule has 20 heavy (non-hydrogen) atoms. The van der Waals surface area contributed by atoms with Gasteiger partial charge in [-0.3, -0.25) is 4.79 Å². The zero-order valence-electron chi connectivity index (χ0n) is 11.1. The maximum Gasteiger partial charge on any atom is 0.337 e. The van der Waals surface area contributed by atoms with Crippen LogP contribution in [0.1, 0.15) is 26.6 Å². The molecule has 104 valence electrons. The maximum absolute atomic E-state index is 11.9. The van der Waals surface area contributed by atoms with E-state index in [-0.39, 0.29) is 17.9 Å². The molecule has 0 aliphatic heterocycles. The number of hydrogen-bond donors (Lipinski definition) is 2. The van der Waals surface area contributed by atoms with Gasteiger partial charge in [0, 0.05) is 5.38 Å². The van der Waals surface area contributed by atoms with Crippen LogP contribution >= 0.6 is 11.3 Å². The molecule has 1 aromatic heterocycles. The Hall–Kier alpha value is -2.21. The average molecular weight is 290 g/mol. The smallest absolute Gasteiger partial charge is 0.337 e. The summed E-state index contributed by atoms with van der Waals surface area (Å²) in [5.41, 5.74) is 1.91. The highest BCUT2D eigenvalue weighted by molar-refractivity contribution is 7.09. The van der Waals surface area contributed by atoms with Crippen molar-refractivity contribution in [3.63, 3.8) is 0 Å². The summed E-state index contributed by atoms with van der Waals surface area (Å²) >= 11 is 1.48. The Morgan fingerprint density at radius 1 is 1.35 bits per heavy atom. The Balaban J connectivity index is 2.13. The molecular formula is C14H14N2O3S. The maximum atomic E-state index is 11.9. The van der Waals surface area contributed by atoms with Gasteiger partial charge in [-0.15, -0.1) is 11.3 Å². The zero-order valence-corrected chi connectivity index (χ0v) is 12.0. The Morgan fingerprint density at radius 3 is 2.70 bits per heavy atom. The van der Waals surface area contributed by atoms with Crippen molar-refractivity contribution in [2.24, 2.45) is 0 Å². The van der Waals surface area contributed by atoms with E-state index in [1.165, 1.54) is 17.4 Å². The summed E-state index contributed by atoms with van der Waals surface area (Å²) in [6.07, 6.45) is 0.136. The number of thiazole rings is 1. The van der Waals surface area contributed by atoms with Crippen molar-refractivity contribution in [2.45, 2.75) is 20.3 Å². The normalized spacial score (nSPS) is 10.3. The van der Waals surface area contributed by atoms with Gasteiger partial charge >= 0.3 is 5.97 Å². The van der Waals surface area contributed by atoms with E-state index >= 15 is 0 Å². The fourth-order valence-corrected chi connectivity index (χ4v) is 2.40. The minimum Gasteiger partial charge on any atom is -0.478 e. The van der Waals surface area contributed by atoms with Crippen LogP contribution in [0.4, 0.5) is 5.69 Å². The highest BCUT2D eigenvalue weighted by Gasteiger charge is 2.13. The van der Waals surface area contributed by atoms with Crippen LogP contribution in [0.25, 0.3) is 0 Å². The third-order valence-electron chi connectivity index (χ3n) is 2.69. The second kappa shape index (κ2) is 5.83. The first kappa shape index (κ1) is 14.2. The number of carbonyl (C=O) groups excluding carboxylic acids is 1. The van der Waals surface area contributed by atoms with Crippen molar-refractivity contribution in [3.05, 3.63) is 45.4 Å². The van der Waals surface area contributed by atoms with Crippen molar-refractivity contribution >= 4 is 28.9 Å². The van der Waals surface area contributed by atoms with Gasteiger partial charge in [-0.05, 0) is 26.0 Å². The minimum absolute atomic E-state index is 0.0906. The summed E-state index contributed by atoms with van der Waals surface area (Å²) in [6.45, 7) is 3.67. The molecule has 0 bridgehead atoms. The number of benzene rings is 1. The molecule has 1 amide bonds. The molecule has 0 unspecified atom stereocenters. The highest BCUT2D eigenvalue weighted by atomic mass is 32.1. The average Bonchev–Trinajstić information content (AvgIpc) is 2.76. The summed E-state index contributed by atoms with van der Waals surface area (Å²) in [7, 11) is 0. The Labute approximate surface area is 120 Å². The number of hydrogen-bond acceptors (Lipinski definition) is 4. The molecule has 2 aromatic rings. The molecule has 1 aromatic carbocycles. The van der Waals surface area contributed by atoms with Crippen LogP contribution in [0.5, 0.6) is 0 Å². The van der Waals surface area contributed by atoms with Gasteiger partial charge in [-0.2, -0.15) is 0 Å². The summed E-state index contributed by atoms with van der Waals surface area (Å²) in [6, 6.07) is 4.89. The molecule has 0 saturated heterocycles. The lowest BCUT2D eigenvalue weighted by Gasteiger charge is -2.08. The molecule has 0 atom stereocenters. The van der Waals surface area contributed by atoms with E-state index in [0.717, 1.165) is 10.6 Å². The number of amides is 1. The standard InChI is InChI=1S/C14H14N2O3S/c1-8-3-4-12(11(5-8)14(18)19)16-13(17)6-10-7-20-9(2)15-10/h3-5,7H,6H2,1-2H3,(H,16,17)(H,18,19). The topological polar surface area (TPSA) is 79.3 Å². The first-order valence-electron chi connectivity index (χ1n) is 6.00. The third kappa shape index (κ3) is 3.42. The van der Waals surface area contributed by atoms with Gasteiger partial charge in [0.05, 0.1) is 28.4 Å². The van der Waals surface area contributed by atoms with E-state index in [2.05, 4.69) is 10.3 Å². The van der Waals surface area contributed by atoms with Crippen molar-refractivity contribution in [1.29, 1.82) is 0 Å². The summed E-state index contributed by atoms with van der Waals surface area (Å²) < 4.78 is 0. The summed E-state index contributed by atoms with van der Waals surface area (Å²) in [5.74, 6) is -1.34. The number of carbonyl (C=O) groups is 2. The molecule has 0 saturated carbocycles. The number of aryl methyl sites for hydroxylation is 2. The van der Waals surface area contributed by atoms with Crippen LogP contribution in [0.15, 0.2) is 23.6 Å². The number of aromatic nitrogens is 1. The van der Waals surface area contributed by atoms with Crippen molar-refractivity contribution in [3.8, 4) is 0 Å². The summed E-state index contributed by atoms with van der Waals surface area (Å²) in [4.78, 5) is 27.3. The van der Waals surface area contributed by atoms with E-state index in [0.29, 0.717) is 11.4 Å². The molecule has 0 aliphatic rings. The van der Waals surface area contributed by atoms with Crippen LogP contribution in [0, 0.1) is 13.8 Å². The Morgan fingerprint density at radius 2 is 2.10 bits per heavy atom. The molecule has 0 spiro atoms. The largest absolute Gasteiger partial charge is 0.478 e. The number of nitrogens with zero attached hydrogens (tertiary/aromatic N) is 1. The van der Waals surface area contributed by atoms with Crippen LogP contribution < -0.4 is 5.32 Å². The summed E-state index contributed by atoms with van der Waals surface area (Å²) in [5, 5.41) is 14.5. The number of carboxylic acid groups (broad SMARTS) is 1. The first-order chi connectivity index (χ1) is 9.45. The van der Waals surface area contributed by atoms with Crippen LogP contribution in [-0.2, 0) is 11.2 Å². The number of aromatic carboxylic acids is 1. The predicted octanol–water partition coefficient (Wildman–Crippen LogP) is 2.64. The van der Waals surface area contributed by atoms with E-state index < -0.39 is 5.97 Å². The van der Waals surface area contributed by atoms with Gasteiger partial charge < -0.3 is 10.4 Å². The number of carboxylic acids is 1. The van der Waals surface area contributed by atoms with Gasteiger partial charge in [0.2, 0.25) is 5.91 Å². The van der Waals surface area contributed by atoms with Crippen molar-refractivity contribution in [1.82, 2.24) is 4.98 Å². The van der Waals surface area contributed by atoms with E-state index in [9.17, 15) is 9.59 Å².